The van der Waals surface area contributed by atoms with Gasteiger partial charge in [0.05, 0.1) is 5.69 Å². The third-order valence-corrected chi connectivity index (χ3v) is 3.85. The molecule has 0 saturated heterocycles. The number of imidazole rings is 1. The third kappa shape index (κ3) is 1.20. The van der Waals surface area contributed by atoms with Gasteiger partial charge in [-0.15, -0.1) is 0 Å². The first-order valence-electron chi connectivity index (χ1n) is 5.74. The summed E-state index contributed by atoms with van der Waals surface area (Å²) in [5.74, 6) is 2.16. The molecule has 1 aliphatic heterocycles. The SMILES string of the molecule is CC1CCc2nc(C3(C)CC3)cn2C1. The first-order chi connectivity index (χ1) is 6.67. The van der Waals surface area contributed by atoms with Gasteiger partial charge in [0.2, 0.25) is 0 Å². The Hall–Kier alpha value is -0.790. The van der Waals surface area contributed by atoms with E-state index in [0.717, 1.165) is 5.92 Å². The van der Waals surface area contributed by atoms with Crippen molar-refractivity contribution in [3.63, 3.8) is 0 Å². The molecule has 1 fully saturated rings. The average molecular weight is 190 g/mol. The highest BCUT2D eigenvalue weighted by Crippen LogP contribution is 2.47. The molecule has 14 heavy (non-hydrogen) atoms. The Labute approximate surface area is 85.3 Å². The lowest BCUT2D eigenvalue weighted by Crippen LogP contribution is -2.17. The Bertz CT molecular complexity index is 360. The lowest BCUT2D eigenvalue weighted by atomic mass is 10.0. The molecular weight excluding hydrogens is 172 g/mol. The van der Waals surface area contributed by atoms with E-state index in [2.05, 4.69) is 24.6 Å². The van der Waals surface area contributed by atoms with Gasteiger partial charge in [0.1, 0.15) is 5.82 Å². The normalized spacial score (nSPS) is 28.6. The molecule has 1 unspecified atom stereocenters. The molecule has 3 rings (SSSR count). The highest BCUT2D eigenvalue weighted by atomic mass is 15.1. The molecule has 0 aromatic carbocycles. The van der Waals surface area contributed by atoms with Crippen LogP contribution in [0.5, 0.6) is 0 Å². The van der Waals surface area contributed by atoms with Crippen molar-refractivity contribution in [1.29, 1.82) is 0 Å². The van der Waals surface area contributed by atoms with Crippen molar-refractivity contribution in [2.45, 2.75) is 51.5 Å². The van der Waals surface area contributed by atoms with Crippen LogP contribution in [0.25, 0.3) is 0 Å². The predicted octanol–water partition coefficient (Wildman–Crippen LogP) is 2.52. The highest BCUT2D eigenvalue weighted by molar-refractivity contribution is 5.23. The maximum Gasteiger partial charge on any atom is 0.109 e. The van der Waals surface area contributed by atoms with E-state index < -0.39 is 0 Å². The highest BCUT2D eigenvalue weighted by Gasteiger charge is 2.41. The zero-order valence-electron chi connectivity index (χ0n) is 9.08. The molecule has 1 aliphatic carbocycles. The Morgan fingerprint density at radius 3 is 3.00 bits per heavy atom. The minimum Gasteiger partial charge on any atom is -0.334 e. The first kappa shape index (κ1) is 8.51. The molecule has 0 spiro atoms. The molecule has 2 aliphatic rings. The van der Waals surface area contributed by atoms with Crippen LogP contribution in [0.4, 0.5) is 0 Å². The second-order valence-corrected chi connectivity index (χ2v) is 5.40. The number of rotatable bonds is 1. The number of aryl methyl sites for hydroxylation is 1. The smallest absolute Gasteiger partial charge is 0.109 e. The summed E-state index contributed by atoms with van der Waals surface area (Å²) in [6.07, 6.45) is 7.46. The fourth-order valence-electron chi connectivity index (χ4n) is 2.35. The summed E-state index contributed by atoms with van der Waals surface area (Å²) in [6.45, 7) is 5.85. The fourth-order valence-corrected chi connectivity index (χ4v) is 2.35. The molecular formula is C12H18N2. The van der Waals surface area contributed by atoms with Gasteiger partial charge < -0.3 is 4.57 Å². The fraction of sp³-hybridized carbons (Fsp3) is 0.750. The van der Waals surface area contributed by atoms with Crippen molar-refractivity contribution in [3.8, 4) is 0 Å². The van der Waals surface area contributed by atoms with E-state index in [0.29, 0.717) is 5.41 Å². The van der Waals surface area contributed by atoms with Crippen LogP contribution in [0.2, 0.25) is 0 Å². The Morgan fingerprint density at radius 1 is 1.50 bits per heavy atom. The Morgan fingerprint density at radius 2 is 2.29 bits per heavy atom. The van der Waals surface area contributed by atoms with Gasteiger partial charge in [-0.1, -0.05) is 13.8 Å². The monoisotopic (exact) mass is 190 g/mol. The van der Waals surface area contributed by atoms with Gasteiger partial charge in [-0.25, -0.2) is 4.98 Å². The van der Waals surface area contributed by atoms with E-state index in [1.165, 1.54) is 43.7 Å². The van der Waals surface area contributed by atoms with Crippen LogP contribution in [-0.4, -0.2) is 9.55 Å². The summed E-state index contributed by atoms with van der Waals surface area (Å²) in [4.78, 5) is 4.78. The topological polar surface area (TPSA) is 17.8 Å². The molecule has 76 valence electrons. The van der Waals surface area contributed by atoms with Crippen LogP contribution in [0.1, 0.15) is 44.6 Å². The molecule has 2 heterocycles. The molecule has 0 bridgehead atoms. The first-order valence-corrected chi connectivity index (χ1v) is 5.74. The van der Waals surface area contributed by atoms with Gasteiger partial charge in [0.25, 0.3) is 0 Å². The van der Waals surface area contributed by atoms with E-state index in [9.17, 15) is 0 Å². The van der Waals surface area contributed by atoms with Crippen molar-refractivity contribution in [1.82, 2.24) is 9.55 Å². The van der Waals surface area contributed by atoms with Crippen LogP contribution in [-0.2, 0) is 18.4 Å². The predicted molar refractivity (Wildman–Crippen MR) is 56.3 cm³/mol. The van der Waals surface area contributed by atoms with Gasteiger partial charge in [0, 0.05) is 24.6 Å². The summed E-state index contributed by atoms with van der Waals surface area (Å²) in [5.41, 5.74) is 1.79. The van der Waals surface area contributed by atoms with Crippen molar-refractivity contribution >= 4 is 0 Å². The summed E-state index contributed by atoms with van der Waals surface area (Å²) in [6, 6.07) is 0. The molecule has 0 N–H and O–H groups in total. The molecule has 1 aromatic rings. The van der Waals surface area contributed by atoms with Crippen molar-refractivity contribution < 1.29 is 0 Å². The lowest BCUT2D eigenvalue weighted by molar-refractivity contribution is 0.394. The molecule has 2 nitrogen and oxygen atoms in total. The zero-order chi connectivity index (χ0) is 9.76. The minimum absolute atomic E-state index is 0.438. The van der Waals surface area contributed by atoms with Crippen LogP contribution in [0.15, 0.2) is 6.20 Å². The standard InChI is InChI=1S/C12H18N2/c1-9-3-4-11-13-10(8-14(11)7-9)12(2)5-6-12/h8-9H,3-7H2,1-2H3. The minimum atomic E-state index is 0.438. The average Bonchev–Trinajstić information content (AvgIpc) is 2.77. The molecule has 2 heteroatoms. The van der Waals surface area contributed by atoms with Gasteiger partial charge in [-0.3, -0.25) is 0 Å². The summed E-state index contributed by atoms with van der Waals surface area (Å²) < 4.78 is 2.38. The zero-order valence-corrected chi connectivity index (χ0v) is 9.08. The number of fused-ring (bicyclic) bond motifs is 1. The van der Waals surface area contributed by atoms with Crippen LogP contribution < -0.4 is 0 Å². The maximum absolute atomic E-state index is 4.78. The number of aromatic nitrogens is 2. The second-order valence-electron chi connectivity index (χ2n) is 5.40. The lowest BCUT2D eigenvalue weighted by Gasteiger charge is -2.19. The quantitative estimate of drug-likeness (QED) is 0.665. The van der Waals surface area contributed by atoms with E-state index in [-0.39, 0.29) is 0 Å². The number of hydrogen-bond acceptors (Lipinski definition) is 1. The maximum atomic E-state index is 4.78. The van der Waals surface area contributed by atoms with Crippen LogP contribution in [0, 0.1) is 5.92 Å². The van der Waals surface area contributed by atoms with Gasteiger partial charge in [-0.05, 0) is 25.2 Å². The number of nitrogens with zero attached hydrogens (tertiary/aromatic N) is 2. The van der Waals surface area contributed by atoms with E-state index in [4.69, 9.17) is 4.98 Å². The summed E-state index contributed by atoms with van der Waals surface area (Å²) >= 11 is 0. The van der Waals surface area contributed by atoms with E-state index >= 15 is 0 Å². The molecule has 0 radical (unpaired) electrons. The Kier molecular flexibility index (Phi) is 1.59. The molecule has 1 saturated carbocycles. The molecule has 1 atom stereocenters. The summed E-state index contributed by atoms with van der Waals surface area (Å²) in [7, 11) is 0. The third-order valence-electron chi connectivity index (χ3n) is 3.85. The van der Waals surface area contributed by atoms with E-state index in [1.54, 1.807) is 0 Å². The van der Waals surface area contributed by atoms with Gasteiger partial charge in [0.15, 0.2) is 0 Å². The van der Waals surface area contributed by atoms with Gasteiger partial charge in [-0.2, -0.15) is 0 Å². The van der Waals surface area contributed by atoms with E-state index in [1.807, 2.05) is 0 Å². The van der Waals surface area contributed by atoms with Crippen molar-refractivity contribution in [3.05, 3.63) is 17.7 Å². The Balaban J connectivity index is 1.95. The molecule has 1 aromatic heterocycles. The van der Waals surface area contributed by atoms with Gasteiger partial charge >= 0.3 is 0 Å². The van der Waals surface area contributed by atoms with Crippen molar-refractivity contribution in [2.75, 3.05) is 0 Å². The second kappa shape index (κ2) is 2.62. The largest absolute Gasteiger partial charge is 0.334 e. The van der Waals surface area contributed by atoms with Crippen LogP contribution >= 0.6 is 0 Å². The molecule has 0 amide bonds. The number of hydrogen-bond donors (Lipinski definition) is 0. The van der Waals surface area contributed by atoms with Crippen molar-refractivity contribution in [2.24, 2.45) is 5.92 Å². The summed E-state index contributed by atoms with van der Waals surface area (Å²) in [5, 5.41) is 0. The van der Waals surface area contributed by atoms with Crippen LogP contribution in [0.3, 0.4) is 0 Å².